The van der Waals surface area contributed by atoms with Crippen LogP contribution in [0.25, 0.3) is 0 Å². The zero-order valence-corrected chi connectivity index (χ0v) is 14.5. The van der Waals surface area contributed by atoms with E-state index in [1.807, 2.05) is 12.1 Å². The zero-order valence-electron chi connectivity index (χ0n) is 14.5. The molecule has 0 aromatic heterocycles. The van der Waals surface area contributed by atoms with Gasteiger partial charge in [0.25, 0.3) is 0 Å². The maximum atomic E-state index is 10.7. The van der Waals surface area contributed by atoms with Crippen LogP contribution in [-0.4, -0.2) is 86.6 Å². The SMILES string of the molecule is OC[C@@H]1O[C@H](O)[C@](O)(Cc2ccc(N3CCC(O)CC3)cc2)[C@H](O)[C@H]1O. The van der Waals surface area contributed by atoms with Crippen molar-refractivity contribution in [2.24, 2.45) is 0 Å². The molecule has 2 fully saturated rings. The Morgan fingerprint density at radius 1 is 1.04 bits per heavy atom. The summed E-state index contributed by atoms with van der Waals surface area (Å²) in [5.41, 5.74) is -0.430. The summed E-state index contributed by atoms with van der Waals surface area (Å²) < 4.78 is 5.05. The van der Waals surface area contributed by atoms with Crippen LogP contribution in [0.1, 0.15) is 18.4 Å². The summed E-state index contributed by atoms with van der Waals surface area (Å²) in [5, 5.41) is 59.7. The van der Waals surface area contributed by atoms with Gasteiger partial charge in [0.2, 0.25) is 0 Å². The van der Waals surface area contributed by atoms with E-state index in [1.54, 1.807) is 12.1 Å². The molecule has 8 heteroatoms. The molecule has 2 aliphatic heterocycles. The Morgan fingerprint density at radius 2 is 1.65 bits per heavy atom. The average Bonchev–Trinajstić information content (AvgIpc) is 2.65. The first kappa shape index (κ1) is 19.5. The zero-order chi connectivity index (χ0) is 18.9. The summed E-state index contributed by atoms with van der Waals surface area (Å²) in [7, 11) is 0. The number of hydrogen-bond acceptors (Lipinski definition) is 8. The summed E-state index contributed by atoms with van der Waals surface area (Å²) in [6.45, 7) is 0.958. The molecular weight excluding hydrogens is 342 g/mol. The fraction of sp³-hybridized carbons (Fsp3) is 0.667. The predicted molar refractivity (Wildman–Crippen MR) is 92.5 cm³/mol. The van der Waals surface area contributed by atoms with Crippen molar-refractivity contribution in [3.8, 4) is 0 Å². The molecule has 26 heavy (non-hydrogen) atoms. The number of ether oxygens (including phenoxy) is 1. The molecular formula is C18H27NO7. The molecule has 1 aromatic carbocycles. The number of anilines is 1. The first-order valence-electron chi connectivity index (χ1n) is 8.90. The Hall–Kier alpha value is -1.26. The summed E-state index contributed by atoms with van der Waals surface area (Å²) in [5.74, 6) is 0. The number of aliphatic hydroxyl groups excluding tert-OH is 5. The van der Waals surface area contributed by atoms with Crippen molar-refractivity contribution < 1.29 is 35.4 Å². The monoisotopic (exact) mass is 369 g/mol. The molecule has 1 aromatic rings. The lowest BCUT2D eigenvalue weighted by Crippen LogP contribution is -2.67. The lowest BCUT2D eigenvalue weighted by molar-refractivity contribution is -0.328. The van der Waals surface area contributed by atoms with Gasteiger partial charge in [-0.15, -0.1) is 0 Å². The van der Waals surface area contributed by atoms with Crippen LogP contribution in [0.4, 0.5) is 5.69 Å². The average molecular weight is 369 g/mol. The van der Waals surface area contributed by atoms with Crippen LogP contribution in [0.5, 0.6) is 0 Å². The van der Waals surface area contributed by atoms with Crippen molar-refractivity contribution in [3.63, 3.8) is 0 Å². The molecule has 2 aliphatic rings. The van der Waals surface area contributed by atoms with Crippen molar-refractivity contribution in [2.75, 3.05) is 24.6 Å². The smallest absolute Gasteiger partial charge is 0.187 e. The Morgan fingerprint density at radius 3 is 2.23 bits per heavy atom. The van der Waals surface area contributed by atoms with Gasteiger partial charge in [-0.3, -0.25) is 0 Å². The van der Waals surface area contributed by atoms with Crippen LogP contribution in [-0.2, 0) is 11.2 Å². The predicted octanol–water partition coefficient (Wildman–Crippen LogP) is -1.65. The molecule has 0 amide bonds. The van der Waals surface area contributed by atoms with Crippen LogP contribution >= 0.6 is 0 Å². The number of nitrogens with zero attached hydrogens (tertiary/aromatic N) is 1. The number of rotatable bonds is 4. The van der Waals surface area contributed by atoms with Gasteiger partial charge in [0.1, 0.15) is 23.9 Å². The second kappa shape index (κ2) is 7.77. The van der Waals surface area contributed by atoms with Crippen LogP contribution in [0.15, 0.2) is 24.3 Å². The molecule has 0 radical (unpaired) electrons. The third-order valence-corrected chi connectivity index (χ3v) is 5.38. The van der Waals surface area contributed by atoms with E-state index in [9.17, 15) is 25.5 Å². The van der Waals surface area contributed by atoms with Crippen molar-refractivity contribution in [1.82, 2.24) is 0 Å². The van der Waals surface area contributed by atoms with Gasteiger partial charge in [0.05, 0.1) is 12.7 Å². The highest BCUT2D eigenvalue weighted by Gasteiger charge is 2.54. The number of aliphatic hydroxyl groups is 6. The van der Waals surface area contributed by atoms with Gasteiger partial charge < -0.3 is 40.3 Å². The van der Waals surface area contributed by atoms with Crippen LogP contribution in [0.2, 0.25) is 0 Å². The minimum atomic E-state index is -2.08. The van der Waals surface area contributed by atoms with Gasteiger partial charge in [-0.05, 0) is 30.5 Å². The van der Waals surface area contributed by atoms with Gasteiger partial charge >= 0.3 is 0 Å². The highest BCUT2D eigenvalue weighted by atomic mass is 16.6. The van der Waals surface area contributed by atoms with Gasteiger partial charge in [-0.2, -0.15) is 0 Å². The van der Waals surface area contributed by atoms with Crippen molar-refractivity contribution in [2.45, 2.75) is 55.6 Å². The van der Waals surface area contributed by atoms with Gasteiger partial charge in [-0.25, -0.2) is 0 Å². The third-order valence-electron chi connectivity index (χ3n) is 5.38. The van der Waals surface area contributed by atoms with Crippen molar-refractivity contribution >= 4 is 5.69 Å². The van der Waals surface area contributed by atoms with Gasteiger partial charge in [0, 0.05) is 25.2 Å². The maximum Gasteiger partial charge on any atom is 0.187 e. The molecule has 2 heterocycles. The Bertz CT molecular complexity index is 590. The van der Waals surface area contributed by atoms with Crippen LogP contribution < -0.4 is 4.90 Å². The molecule has 8 nitrogen and oxygen atoms in total. The van der Waals surface area contributed by atoms with E-state index in [0.717, 1.165) is 31.6 Å². The second-order valence-electron chi connectivity index (χ2n) is 7.20. The molecule has 146 valence electrons. The standard InChI is InChI=1S/C18H27NO7/c20-10-14-15(22)16(23)18(25,17(24)26-14)9-11-1-3-12(4-2-11)19-7-5-13(21)6-8-19/h1-4,13-17,20-25H,5-10H2/t14-,15-,16+,17-,18-/m0/s1. The van der Waals surface area contributed by atoms with Crippen LogP contribution in [0, 0.1) is 0 Å². The van der Waals surface area contributed by atoms with E-state index in [1.165, 1.54) is 0 Å². The largest absolute Gasteiger partial charge is 0.394 e. The topological polar surface area (TPSA) is 134 Å². The van der Waals surface area contributed by atoms with Crippen LogP contribution in [0.3, 0.4) is 0 Å². The Labute approximate surface area is 151 Å². The van der Waals surface area contributed by atoms with E-state index < -0.39 is 36.8 Å². The summed E-state index contributed by atoms with van der Waals surface area (Å²) >= 11 is 0. The normalized spacial score (nSPS) is 36.3. The lowest BCUT2D eigenvalue weighted by Gasteiger charge is -2.46. The van der Waals surface area contributed by atoms with Crippen molar-refractivity contribution in [3.05, 3.63) is 29.8 Å². The van der Waals surface area contributed by atoms with Crippen molar-refractivity contribution in [1.29, 1.82) is 0 Å². The fourth-order valence-corrected chi connectivity index (χ4v) is 3.63. The summed E-state index contributed by atoms with van der Waals surface area (Å²) in [6, 6.07) is 7.32. The summed E-state index contributed by atoms with van der Waals surface area (Å²) in [4.78, 5) is 2.16. The number of piperidine rings is 1. The van der Waals surface area contributed by atoms with E-state index in [2.05, 4.69) is 4.90 Å². The number of hydrogen-bond donors (Lipinski definition) is 6. The van der Waals surface area contributed by atoms with E-state index in [-0.39, 0.29) is 12.5 Å². The second-order valence-corrected chi connectivity index (χ2v) is 7.20. The molecule has 3 rings (SSSR count). The Kier molecular flexibility index (Phi) is 5.83. The quantitative estimate of drug-likeness (QED) is 0.372. The van der Waals surface area contributed by atoms with E-state index in [4.69, 9.17) is 9.84 Å². The first-order chi connectivity index (χ1) is 12.3. The molecule has 5 atom stereocenters. The Balaban J connectivity index is 1.70. The highest BCUT2D eigenvalue weighted by molar-refractivity contribution is 5.48. The molecule has 0 unspecified atom stereocenters. The highest BCUT2D eigenvalue weighted by Crippen LogP contribution is 2.32. The molecule has 0 aliphatic carbocycles. The third kappa shape index (κ3) is 3.72. The first-order valence-corrected chi connectivity index (χ1v) is 8.90. The minimum absolute atomic E-state index is 0.121. The summed E-state index contributed by atoms with van der Waals surface area (Å²) in [6.07, 6.45) is -4.98. The molecule has 0 saturated carbocycles. The number of benzene rings is 1. The van der Waals surface area contributed by atoms with E-state index >= 15 is 0 Å². The molecule has 0 spiro atoms. The minimum Gasteiger partial charge on any atom is -0.394 e. The molecule has 0 bridgehead atoms. The fourth-order valence-electron chi connectivity index (χ4n) is 3.63. The maximum absolute atomic E-state index is 10.7. The van der Waals surface area contributed by atoms with E-state index in [0.29, 0.717) is 5.56 Å². The lowest BCUT2D eigenvalue weighted by atomic mass is 9.82. The van der Waals surface area contributed by atoms with Gasteiger partial charge in [0.15, 0.2) is 6.29 Å². The molecule has 2 saturated heterocycles. The molecule has 6 N–H and O–H groups in total. The van der Waals surface area contributed by atoms with Gasteiger partial charge in [-0.1, -0.05) is 12.1 Å².